The summed E-state index contributed by atoms with van der Waals surface area (Å²) < 4.78 is 137. The maximum Gasteiger partial charge on any atom is 0.534 e. The fraction of sp³-hybridized carbons (Fsp3) is 0.667. The van der Waals surface area contributed by atoms with Gasteiger partial charge in [0.25, 0.3) is 0 Å². The van der Waals surface area contributed by atoms with Crippen molar-refractivity contribution in [1.82, 2.24) is 0 Å². The van der Waals surface area contributed by atoms with Gasteiger partial charge >= 0.3 is 31.3 Å². The first kappa shape index (κ1) is 28.1. The molecule has 0 saturated heterocycles. The zero-order valence-corrected chi connectivity index (χ0v) is 20.9. The molecule has 2 fully saturated rings. The Morgan fingerprint density at radius 2 is 1.62 bits per heavy atom. The first-order valence-electron chi connectivity index (χ1n) is 11.0. The number of aryl methyl sites for hydroxylation is 1. The molecule has 0 aromatic heterocycles. The van der Waals surface area contributed by atoms with Crippen LogP contribution in [0.25, 0.3) is 0 Å². The molecule has 0 N–H and O–H groups in total. The second-order valence-corrected chi connectivity index (χ2v) is 12.8. The lowest BCUT2D eigenvalue weighted by molar-refractivity contribution is -0.139. The maximum atomic E-state index is 13.1. The number of benzene rings is 1. The number of halogens is 6. The number of carbonyl (C=O) groups is 1. The van der Waals surface area contributed by atoms with Gasteiger partial charge in [0.15, 0.2) is 5.78 Å². The third-order valence-corrected chi connectivity index (χ3v) is 9.72. The van der Waals surface area contributed by atoms with Crippen molar-refractivity contribution in [1.29, 1.82) is 0 Å². The van der Waals surface area contributed by atoms with Crippen LogP contribution in [0.5, 0.6) is 5.75 Å². The summed E-state index contributed by atoms with van der Waals surface area (Å²) in [4.78, 5) is 13.1. The highest BCUT2D eigenvalue weighted by atomic mass is 32.2. The largest absolute Gasteiger partial charge is 0.534 e. The number of carbonyl (C=O) groups excluding carboxylic acids is 1. The topological polar surface area (TPSA) is 113 Å². The van der Waals surface area contributed by atoms with E-state index in [1.54, 1.807) is 6.92 Å². The average Bonchev–Trinajstić information content (AvgIpc) is 3.00. The molecule has 16 heteroatoms. The van der Waals surface area contributed by atoms with E-state index in [0.29, 0.717) is 17.5 Å². The average molecular weight is 581 g/mol. The molecule has 4 rings (SSSR count). The van der Waals surface area contributed by atoms with Gasteiger partial charge in [0.1, 0.15) is 11.9 Å². The van der Waals surface area contributed by atoms with Crippen LogP contribution in [-0.4, -0.2) is 53.0 Å². The van der Waals surface area contributed by atoms with Crippen molar-refractivity contribution in [3.05, 3.63) is 29.3 Å². The van der Waals surface area contributed by atoms with E-state index in [9.17, 15) is 48.0 Å². The summed E-state index contributed by atoms with van der Waals surface area (Å²) in [6, 6.07) is 3.64. The molecule has 208 valence electrons. The van der Waals surface area contributed by atoms with Gasteiger partial charge in [-0.05, 0) is 60.8 Å². The second kappa shape index (κ2) is 8.81. The number of methoxy groups -OCH3 is 1. The van der Waals surface area contributed by atoms with Crippen LogP contribution >= 0.6 is 0 Å². The smallest absolute Gasteiger partial charge is 0.381 e. The van der Waals surface area contributed by atoms with E-state index < -0.39 is 72.2 Å². The lowest BCUT2D eigenvalue weighted by Gasteiger charge is -2.51. The first-order valence-corrected chi connectivity index (χ1v) is 13.8. The maximum absolute atomic E-state index is 13.1. The molecule has 6 atom stereocenters. The number of ether oxygens (including phenoxy) is 1. The van der Waals surface area contributed by atoms with Gasteiger partial charge in [-0.2, -0.15) is 43.2 Å². The van der Waals surface area contributed by atoms with Crippen LogP contribution in [0.15, 0.2) is 18.2 Å². The van der Waals surface area contributed by atoms with Crippen LogP contribution in [0.4, 0.5) is 26.3 Å². The Bertz CT molecular complexity index is 1310. The van der Waals surface area contributed by atoms with E-state index in [4.69, 9.17) is 4.74 Å². The van der Waals surface area contributed by atoms with Gasteiger partial charge in [0.05, 0.1) is 6.10 Å². The predicted molar refractivity (Wildman–Crippen MR) is 113 cm³/mol. The van der Waals surface area contributed by atoms with Crippen molar-refractivity contribution < 1.29 is 61.1 Å². The van der Waals surface area contributed by atoms with Crippen LogP contribution in [0.1, 0.15) is 43.2 Å². The Morgan fingerprint density at radius 1 is 1.00 bits per heavy atom. The fourth-order valence-corrected chi connectivity index (χ4v) is 7.15. The van der Waals surface area contributed by atoms with Crippen molar-refractivity contribution >= 4 is 26.0 Å². The Labute approximate surface area is 208 Å². The number of hydrogen-bond acceptors (Lipinski definition) is 8. The lowest BCUT2D eigenvalue weighted by atomic mass is 9.54. The zero-order valence-electron chi connectivity index (χ0n) is 19.3. The predicted octanol–water partition coefficient (Wildman–Crippen LogP) is 3.81. The van der Waals surface area contributed by atoms with Gasteiger partial charge < -0.3 is 8.92 Å². The number of fused-ring (bicyclic) bond motifs is 5. The third kappa shape index (κ3) is 4.63. The van der Waals surface area contributed by atoms with Gasteiger partial charge in [-0.1, -0.05) is 13.0 Å². The highest BCUT2D eigenvalue weighted by Gasteiger charge is 2.63. The molecule has 0 unspecified atom stereocenters. The minimum absolute atomic E-state index is 0.0419. The molecule has 3 aliphatic rings. The van der Waals surface area contributed by atoms with Gasteiger partial charge in [-0.25, -0.2) is 0 Å². The number of ketones is 1. The number of rotatable bonds is 5. The molecular weight excluding hydrogens is 558 g/mol. The van der Waals surface area contributed by atoms with Crippen LogP contribution in [0, 0.1) is 17.3 Å². The summed E-state index contributed by atoms with van der Waals surface area (Å²) in [6.07, 6.45) is -2.11. The SMILES string of the molecule is CO[C@H]1C[C@]2(C)C(=O)[C@H](OS(=O)(=O)C(F)(F)F)C[C@H]2[C@@H]2CCc3cc(OS(=O)(=O)C(F)(F)F)ccc3[C@H]21. The lowest BCUT2D eigenvalue weighted by Crippen LogP contribution is -2.50. The summed E-state index contributed by atoms with van der Waals surface area (Å²) >= 11 is 0. The van der Waals surface area contributed by atoms with Crippen LogP contribution in [0.3, 0.4) is 0 Å². The minimum Gasteiger partial charge on any atom is -0.381 e. The molecule has 0 spiro atoms. The molecule has 0 amide bonds. The van der Waals surface area contributed by atoms with Crippen LogP contribution < -0.4 is 4.18 Å². The molecule has 3 aliphatic carbocycles. The van der Waals surface area contributed by atoms with E-state index in [2.05, 4.69) is 8.37 Å². The van der Waals surface area contributed by atoms with Gasteiger partial charge in [-0.3, -0.25) is 8.98 Å². The van der Waals surface area contributed by atoms with Crippen molar-refractivity contribution in [3.63, 3.8) is 0 Å². The third-order valence-electron chi connectivity index (χ3n) is 7.68. The molecular formula is C21H22F6O8S2. The standard InChI is InChI=1S/C21H22F6O8S2/c1-19-9-16(33-2)17-12-6-4-11(34-36(29,30)20(22,23)24)7-10(12)3-5-13(17)14(19)8-15(18(19)28)35-37(31,32)21(25,26)27/h4,6-7,13-17H,3,5,8-9H2,1-2H3/t13-,14-,15+,16-,17+,19-/m0/s1. The number of hydrogen-bond donors (Lipinski definition) is 0. The van der Waals surface area contributed by atoms with Crippen LogP contribution in [0.2, 0.25) is 0 Å². The molecule has 0 aliphatic heterocycles. The molecule has 0 heterocycles. The van der Waals surface area contributed by atoms with E-state index in [0.717, 1.165) is 6.07 Å². The van der Waals surface area contributed by atoms with Gasteiger partial charge in [-0.15, -0.1) is 0 Å². The number of alkyl halides is 6. The zero-order chi connectivity index (χ0) is 27.8. The summed E-state index contributed by atoms with van der Waals surface area (Å²) in [7, 11) is -10.5. The molecule has 2 saturated carbocycles. The Kier molecular flexibility index (Phi) is 6.69. The number of Topliss-reactive ketones (excluding diaryl/α,β-unsaturated/α-hetero) is 1. The highest BCUT2D eigenvalue weighted by Crippen LogP contribution is 2.61. The van der Waals surface area contributed by atoms with Crippen molar-refractivity contribution in [2.75, 3.05) is 7.11 Å². The Balaban J connectivity index is 1.65. The summed E-state index contributed by atoms with van der Waals surface area (Å²) in [6.45, 7) is 1.54. The molecule has 8 nitrogen and oxygen atoms in total. The van der Waals surface area contributed by atoms with E-state index in [1.807, 2.05) is 0 Å². The van der Waals surface area contributed by atoms with Crippen molar-refractivity contribution in [2.24, 2.45) is 17.3 Å². The fourth-order valence-electron chi connectivity index (χ4n) is 6.12. The molecule has 37 heavy (non-hydrogen) atoms. The van der Waals surface area contributed by atoms with E-state index in [-0.39, 0.29) is 25.2 Å². The van der Waals surface area contributed by atoms with Crippen molar-refractivity contribution in [2.45, 2.75) is 61.7 Å². The van der Waals surface area contributed by atoms with Gasteiger partial charge in [0.2, 0.25) is 0 Å². The van der Waals surface area contributed by atoms with Crippen LogP contribution in [-0.2, 0) is 40.4 Å². The molecule has 1 aromatic carbocycles. The summed E-state index contributed by atoms with van der Waals surface area (Å²) in [5.74, 6) is -2.65. The molecule has 0 radical (unpaired) electrons. The summed E-state index contributed by atoms with van der Waals surface area (Å²) in [5.41, 5.74) is -11.4. The molecule has 1 aromatic rings. The first-order chi connectivity index (χ1) is 16.8. The minimum atomic E-state index is -6.01. The second-order valence-electron chi connectivity index (χ2n) is 9.66. The van der Waals surface area contributed by atoms with E-state index in [1.165, 1.54) is 19.2 Å². The molecule has 0 bridgehead atoms. The van der Waals surface area contributed by atoms with E-state index >= 15 is 0 Å². The van der Waals surface area contributed by atoms with Gasteiger partial charge in [0, 0.05) is 18.4 Å². The Morgan fingerprint density at radius 3 is 2.19 bits per heavy atom. The van der Waals surface area contributed by atoms with Crippen molar-refractivity contribution in [3.8, 4) is 5.75 Å². The summed E-state index contributed by atoms with van der Waals surface area (Å²) in [5, 5.41) is 0. The highest BCUT2D eigenvalue weighted by molar-refractivity contribution is 7.88. The normalized spacial score (nSPS) is 32.4. The monoisotopic (exact) mass is 580 g/mol. The quantitative estimate of drug-likeness (QED) is 0.294. The Hall–Kier alpha value is -1.91.